The standard InChI is InChI=1S/C9H11FN2O/c10-9-3-1-2-8(6-9)7-12-11-4-5-13/h1-3,6-7,11,13H,4-5H2. The molecule has 0 saturated carbocycles. The number of aliphatic hydroxyl groups excluding tert-OH is 1. The summed E-state index contributed by atoms with van der Waals surface area (Å²) in [4.78, 5) is 0. The van der Waals surface area contributed by atoms with E-state index in [2.05, 4.69) is 10.5 Å². The first-order valence-corrected chi connectivity index (χ1v) is 3.95. The Bertz CT molecular complexity index is 289. The minimum absolute atomic E-state index is 0.0283. The topological polar surface area (TPSA) is 44.6 Å². The maximum absolute atomic E-state index is 12.6. The molecule has 4 heteroatoms. The maximum atomic E-state index is 12.6. The quantitative estimate of drug-likeness (QED) is 0.410. The zero-order valence-corrected chi connectivity index (χ0v) is 7.07. The van der Waals surface area contributed by atoms with Crippen molar-refractivity contribution in [1.82, 2.24) is 5.43 Å². The fraction of sp³-hybridized carbons (Fsp3) is 0.222. The first kappa shape index (κ1) is 9.67. The molecule has 70 valence electrons. The predicted molar refractivity (Wildman–Crippen MR) is 49.1 cm³/mol. The van der Waals surface area contributed by atoms with E-state index >= 15 is 0 Å². The van der Waals surface area contributed by atoms with Crippen LogP contribution in [-0.4, -0.2) is 24.5 Å². The van der Waals surface area contributed by atoms with Gasteiger partial charge in [-0.05, 0) is 17.7 Å². The number of hydrazone groups is 1. The highest BCUT2D eigenvalue weighted by Crippen LogP contribution is 1.99. The van der Waals surface area contributed by atoms with E-state index < -0.39 is 0 Å². The average Bonchev–Trinajstić information content (AvgIpc) is 2.13. The highest BCUT2D eigenvalue weighted by molar-refractivity contribution is 5.79. The molecule has 0 unspecified atom stereocenters. The van der Waals surface area contributed by atoms with E-state index in [9.17, 15) is 4.39 Å². The lowest BCUT2D eigenvalue weighted by Gasteiger charge is -1.95. The van der Waals surface area contributed by atoms with Crippen molar-refractivity contribution < 1.29 is 9.50 Å². The van der Waals surface area contributed by atoms with E-state index in [4.69, 9.17) is 5.11 Å². The largest absolute Gasteiger partial charge is 0.394 e. The molecule has 2 N–H and O–H groups in total. The molecule has 0 aromatic heterocycles. The number of nitrogens with one attached hydrogen (secondary N) is 1. The van der Waals surface area contributed by atoms with E-state index in [-0.39, 0.29) is 12.4 Å². The number of hydrogen-bond acceptors (Lipinski definition) is 3. The van der Waals surface area contributed by atoms with Gasteiger partial charge < -0.3 is 10.5 Å². The molecule has 3 nitrogen and oxygen atoms in total. The molecule has 0 amide bonds. The molecule has 0 radical (unpaired) electrons. The van der Waals surface area contributed by atoms with Gasteiger partial charge in [0.15, 0.2) is 0 Å². The first-order valence-electron chi connectivity index (χ1n) is 3.95. The molecule has 13 heavy (non-hydrogen) atoms. The monoisotopic (exact) mass is 182 g/mol. The van der Waals surface area contributed by atoms with Crippen molar-refractivity contribution >= 4 is 6.21 Å². The normalized spacial score (nSPS) is 10.6. The second-order valence-electron chi connectivity index (χ2n) is 2.44. The van der Waals surface area contributed by atoms with Crippen molar-refractivity contribution in [2.75, 3.05) is 13.2 Å². The van der Waals surface area contributed by atoms with Crippen molar-refractivity contribution in [3.8, 4) is 0 Å². The molecular formula is C9H11FN2O. The molecule has 0 spiro atoms. The van der Waals surface area contributed by atoms with Gasteiger partial charge >= 0.3 is 0 Å². The molecule has 0 aliphatic heterocycles. The van der Waals surface area contributed by atoms with Gasteiger partial charge in [0, 0.05) is 0 Å². The number of nitrogens with zero attached hydrogens (tertiary/aromatic N) is 1. The third-order valence-corrected chi connectivity index (χ3v) is 1.38. The van der Waals surface area contributed by atoms with Gasteiger partial charge in [-0.15, -0.1) is 0 Å². The number of aliphatic hydroxyl groups is 1. The van der Waals surface area contributed by atoms with Crippen LogP contribution >= 0.6 is 0 Å². The molecule has 0 bridgehead atoms. The van der Waals surface area contributed by atoms with Crippen LogP contribution in [0.1, 0.15) is 5.56 Å². The van der Waals surface area contributed by atoms with E-state index in [0.29, 0.717) is 12.1 Å². The number of hydrogen-bond donors (Lipinski definition) is 2. The Balaban J connectivity index is 2.48. The van der Waals surface area contributed by atoms with Crippen LogP contribution in [0.25, 0.3) is 0 Å². The molecule has 1 aromatic carbocycles. The Morgan fingerprint density at radius 2 is 2.38 bits per heavy atom. The minimum atomic E-state index is -0.286. The molecule has 1 aromatic rings. The van der Waals surface area contributed by atoms with Crippen LogP contribution in [0.15, 0.2) is 29.4 Å². The zero-order valence-electron chi connectivity index (χ0n) is 7.07. The fourth-order valence-corrected chi connectivity index (χ4v) is 0.822. The summed E-state index contributed by atoms with van der Waals surface area (Å²) < 4.78 is 12.6. The van der Waals surface area contributed by atoms with Gasteiger partial charge in [0.2, 0.25) is 0 Å². The second kappa shape index (κ2) is 5.27. The van der Waals surface area contributed by atoms with Crippen molar-refractivity contribution in [3.05, 3.63) is 35.6 Å². The van der Waals surface area contributed by atoms with E-state index in [1.54, 1.807) is 12.1 Å². The molecule has 1 rings (SSSR count). The van der Waals surface area contributed by atoms with Gasteiger partial charge in [-0.3, -0.25) is 0 Å². The lowest BCUT2D eigenvalue weighted by Crippen LogP contribution is -2.11. The summed E-state index contributed by atoms with van der Waals surface area (Å²) in [5.74, 6) is -0.286. The number of benzene rings is 1. The Labute approximate surface area is 75.9 Å². The lowest BCUT2D eigenvalue weighted by atomic mass is 10.2. The minimum Gasteiger partial charge on any atom is -0.394 e. The summed E-state index contributed by atoms with van der Waals surface area (Å²) in [5, 5.41) is 12.2. The van der Waals surface area contributed by atoms with Crippen LogP contribution in [0.3, 0.4) is 0 Å². The van der Waals surface area contributed by atoms with Crippen LogP contribution < -0.4 is 5.43 Å². The van der Waals surface area contributed by atoms with Gasteiger partial charge in [-0.2, -0.15) is 5.10 Å². The maximum Gasteiger partial charge on any atom is 0.123 e. The Kier molecular flexibility index (Phi) is 3.92. The van der Waals surface area contributed by atoms with Gasteiger partial charge in [0.1, 0.15) is 5.82 Å². The molecule has 0 saturated heterocycles. The third-order valence-electron chi connectivity index (χ3n) is 1.38. The Morgan fingerprint density at radius 3 is 3.08 bits per heavy atom. The second-order valence-corrected chi connectivity index (χ2v) is 2.44. The van der Waals surface area contributed by atoms with Crippen LogP contribution in [0.2, 0.25) is 0 Å². The van der Waals surface area contributed by atoms with Crippen molar-refractivity contribution in [1.29, 1.82) is 0 Å². The summed E-state index contributed by atoms with van der Waals surface area (Å²) in [6.45, 7) is 0.423. The summed E-state index contributed by atoms with van der Waals surface area (Å²) in [6.07, 6.45) is 1.50. The summed E-state index contributed by atoms with van der Waals surface area (Å²) in [6, 6.07) is 6.11. The van der Waals surface area contributed by atoms with Crippen LogP contribution in [0, 0.1) is 5.82 Å². The van der Waals surface area contributed by atoms with Gasteiger partial charge in [-0.25, -0.2) is 4.39 Å². The Morgan fingerprint density at radius 1 is 1.54 bits per heavy atom. The van der Waals surface area contributed by atoms with Gasteiger partial charge in [0.05, 0.1) is 19.4 Å². The molecule has 0 aliphatic carbocycles. The van der Waals surface area contributed by atoms with Crippen molar-refractivity contribution in [3.63, 3.8) is 0 Å². The van der Waals surface area contributed by atoms with Crippen molar-refractivity contribution in [2.45, 2.75) is 0 Å². The lowest BCUT2D eigenvalue weighted by molar-refractivity contribution is 0.294. The van der Waals surface area contributed by atoms with E-state index in [1.165, 1.54) is 18.3 Å². The molecular weight excluding hydrogens is 171 g/mol. The third kappa shape index (κ3) is 3.66. The molecule has 0 atom stereocenters. The van der Waals surface area contributed by atoms with Crippen LogP contribution in [0.5, 0.6) is 0 Å². The van der Waals surface area contributed by atoms with Gasteiger partial charge in [-0.1, -0.05) is 12.1 Å². The highest BCUT2D eigenvalue weighted by Gasteiger charge is 1.89. The predicted octanol–water partition coefficient (Wildman–Crippen LogP) is 0.742. The fourth-order valence-electron chi connectivity index (χ4n) is 0.822. The van der Waals surface area contributed by atoms with Gasteiger partial charge in [0.25, 0.3) is 0 Å². The first-order chi connectivity index (χ1) is 6.33. The molecule has 0 heterocycles. The van der Waals surface area contributed by atoms with Crippen LogP contribution in [0.4, 0.5) is 4.39 Å². The zero-order chi connectivity index (χ0) is 9.52. The van der Waals surface area contributed by atoms with Crippen molar-refractivity contribution in [2.24, 2.45) is 5.10 Å². The summed E-state index contributed by atoms with van der Waals surface area (Å²) in [5.41, 5.74) is 3.29. The van der Waals surface area contributed by atoms with E-state index in [0.717, 1.165) is 0 Å². The SMILES string of the molecule is OCCNN=Cc1cccc(F)c1. The number of rotatable bonds is 4. The average molecular weight is 182 g/mol. The molecule has 0 fully saturated rings. The molecule has 0 aliphatic rings. The Hall–Kier alpha value is -1.42. The van der Waals surface area contributed by atoms with E-state index in [1.807, 2.05) is 0 Å². The highest BCUT2D eigenvalue weighted by atomic mass is 19.1. The van der Waals surface area contributed by atoms with Crippen LogP contribution in [-0.2, 0) is 0 Å². The summed E-state index contributed by atoms with van der Waals surface area (Å²) in [7, 11) is 0. The smallest absolute Gasteiger partial charge is 0.123 e. The summed E-state index contributed by atoms with van der Waals surface area (Å²) >= 11 is 0. The number of halogens is 1.